The Morgan fingerprint density at radius 2 is 2.24 bits per heavy atom. The number of nitrogens with zero attached hydrogens (tertiary/aromatic N) is 2. The van der Waals surface area contributed by atoms with Gasteiger partial charge in [0, 0.05) is 43.8 Å². The van der Waals surface area contributed by atoms with E-state index in [0.29, 0.717) is 11.8 Å². The van der Waals surface area contributed by atoms with Crippen LogP contribution in [0.5, 0.6) is 0 Å². The van der Waals surface area contributed by atoms with Gasteiger partial charge in [0.2, 0.25) is 0 Å². The van der Waals surface area contributed by atoms with Crippen LogP contribution in [0.3, 0.4) is 0 Å². The lowest BCUT2D eigenvalue weighted by Crippen LogP contribution is -2.31. The van der Waals surface area contributed by atoms with Crippen molar-refractivity contribution in [3.63, 3.8) is 0 Å². The zero-order chi connectivity index (χ0) is 12.7. The molecular weight excluding hydrogens is 236 g/mol. The molecule has 0 aliphatic rings. The normalized spacial score (nSPS) is 10.9. The minimum absolute atomic E-state index is 0.491. The Balaban J connectivity index is 2.86. The van der Waals surface area contributed by atoms with Crippen molar-refractivity contribution >= 4 is 17.3 Å². The molecule has 1 rings (SSSR count). The number of alkyl halides is 1. The molecule has 0 aromatic carbocycles. The summed E-state index contributed by atoms with van der Waals surface area (Å²) < 4.78 is 5.16. The van der Waals surface area contributed by atoms with Gasteiger partial charge >= 0.3 is 0 Å². The van der Waals surface area contributed by atoms with Crippen LogP contribution in [0.1, 0.15) is 19.4 Å². The molecule has 0 aliphatic carbocycles. The zero-order valence-corrected chi connectivity index (χ0v) is 11.6. The number of aromatic nitrogens is 1. The molecule has 0 aliphatic heterocycles. The minimum atomic E-state index is 0.491. The number of pyridine rings is 1. The van der Waals surface area contributed by atoms with Crippen LogP contribution in [0.15, 0.2) is 18.5 Å². The van der Waals surface area contributed by atoms with Crippen molar-refractivity contribution in [1.82, 2.24) is 4.98 Å². The maximum Gasteiger partial charge on any atom is 0.0637 e. The molecule has 0 atom stereocenters. The van der Waals surface area contributed by atoms with Crippen LogP contribution in [-0.2, 0) is 10.6 Å². The Kier molecular flexibility index (Phi) is 6.30. The van der Waals surface area contributed by atoms with E-state index in [1.165, 1.54) is 5.69 Å². The first kappa shape index (κ1) is 14.3. The highest BCUT2D eigenvalue weighted by Crippen LogP contribution is 2.21. The van der Waals surface area contributed by atoms with Gasteiger partial charge in [-0.3, -0.25) is 4.98 Å². The Bertz CT molecular complexity index is 331. The molecule has 1 aromatic rings. The van der Waals surface area contributed by atoms with Crippen molar-refractivity contribution in [3.8, 4) is 0 Å². The molecule has 3 nitrogen and oxygen atoms in total. The average molecular weight is 257 g/mol. The maximum atomic E-state index is 5.95. The van der Waals surface area contributed by atoms with Crippen molar-refractivity contribution in [2.45, 2.75) is 19.7 Å². The third-order valence-corrected chi connectivity index (χ3v) is 2.80. The molecule has 0 spiro atoms. The van der Waals surface area contributed by atoms with Crippen LogP contribution in [0.2, 0.25) is 0 Å². The van der Waals surface area contributed by atoms with Gasteiger partial charge < -0.3 is 9.64 Å². The largest absolute Gasteiger partial charge is 0.383 e. The molecule has 0 saturated carbocycles. The number of anilines is 1. The first-order valence-electron chi connectivity index (χ1n) is 5.91. The highest BCUT2D eigenvalue weighted by molar-refractivity contribution is 6.17. The summed E-state index contributed by atoms with van der Waals surface area (Å²) in [5, 5.41) is 0. The first-order valence-corrected chi connectivity index (χ1v) is 6.45. The van der Waals surface area contributed by atoms with E-state index in [9.17, 15) is 0 Å². The topological polar surface area (TPSA) is 25.4 Å². The van der Waals surface area contributed by atoms with E-state index in [0.717, 1.165) is 25.3 Å². The number of rotatable bonds is 7. The number of methoxy groups -OCH3 is 1. The third kappa shape index (κ3) is 4.52. The quantitative estimate of drug-likeness (QED) is 0.702. The highest BCUT2D eigenvalue weighted by atomic mass is 35.5. The van der Waals surface area contributed by atoms with Crippen molar-refractivity contribution in [3.05, 3.63) is 24.0 Å². The van der Waals surface area contributed by atoms with Crippen LogP contribution in [-0.4, -0.2) is 31.8 Å². The summed E-state index contributed by atoms with van der Waals surface area (Å²) in [4.78, 5) is 6.43. The van der Waals surface area contributed by atoms with E-state index in [1.54, 1.807) is 7.11 Å². The fourth-order valence-electron chi connectivity index (χ4n) is 1.78. The monoisotopic (exact) mass is 256 g/mol. The summed E-state index contributed by atoms with van der Waals surface area (Å²) >= 11 is 5.95. The Morgan fingerprint density at radius 1 is 1.47 bits per heavy atom. The van der Waals surface area contributed by atoms with E-state index in [4.69, 9.17) is 16.3 Å². The molecule has 17 heavy (non-hydrogen) atoms. The van der Waals surface area contributed by atoms with Crippen LogP contribution < -0.4 is 4.90 Å². The van der Waals surface area contributed by atoms with E-state index in [1.807, 2.05) is 18.5 Å². The molecule has 96 valence electrons. The molecule has 4 heteroatoms. The van der Waals surface area contributed by atoms with Gasteiger partial charge in [0.25, 0.3) is 0 Å². The number of hydrogen-bond donors (Lipinski definition) is 0. The third-order valence-electron chi connectivity index (χ3n) is 2.51. The molecule has 0 fully saturated rings. The average Bonchev–Trinajstić information content (AvgIpc) is 2.34. The highest BCUT2D eigenvalue weighted by Gasteiger charge is 2.12. The summed E-state index contributed by atoms with van der Waals surface area (Å²) in [7, 11) is 1.72. The van der Waals surface area contributed by atoms with Crippen molar-refractivity contribution in [2.24, 2.45) is 5.92 Å². The van der Waals surface area contributed by atoms with Gasteiger partial charge in [-0.05, 0) is 12.0 Å². The van der Waals surface area contributed by atoms with Gasteiger partial charge in [0.05, 0.1) is 12.5 Å². The fourth-order valence-corrected chi connectivity index (χ4v) is 1.99. The second-order valence-electron chi connectivity index (χ2n) is 4.47. The number of hydrogen-bond acceptors (Lipinski definition) is 3. The van der Waals surface area contributed by atoms with Gasteiger partial charge in [-0.15, -0.1) is 11.6 Å². The van der Waals surface area contributed by atoms with Gasteiger partial charge in [0.1, 0.15) is 0 Å². The molecule has 0 radical (unpaired) electrons. The van der Waals surface area contributed by atoms with Gasteiger partial charge in [-0.2, -0.15) is 0 Å². The smallest absolute Gasteiger partial charge is 0.0637 e. The molecule has 0 unspecified atom stereocenters. The maximum absolute atomic E-state index is 5.95. The molecular formula is C13H21ClN2O. The lowest BCUT2D eigenvalue weighted by Gasteiger charge is -2.28. The van der Waals surface area contributed by atoms with Crippen LogP contribution in [0, 0.1) is 5.92 Å². The Labute approximate surface area is 109 Å². The summed E-state index contributed by atoms with van der Waals surface area (Å²) in [6.45, 7) is 7.01. The second kappa shape index (κ2) is 7.51. The fraction of sp³-hybridized carbons (Fsp3) is 0.615. The lowest BCUT2D eigenvalue weighted by atomic mass is 10.1. The zero-order valence-electron chi connectivity index (χ0n) is 10.8. The van der Waals surface area contributed by atoms with E-state index in [-0.39, 0.29) is 0 Å². The predicted octanol–water partition coefficient (Wildman–Crippen LogP) is 2.93. The summed E-state index contributed by atoms with van der Waals surface area (Å²) in [5.41, 5.74) is 2.24. The number of halogens is 1. The minimum Gasteiger partial charge on any atom is -0.383 e. The van der Waals surface area contributed by atoms with Gasteiger partial charge in [-0.1, -0.05) is 13.8 Å². The molecule has 1 aromatic heterocycles. The van der Waals surface area contributed by atoms with Crippen LogP contribution in [0.25, 0.3) is 0 Å². The van der Waals surface area contributed by atoms with Crippen molar-refractivity contribution in [1.29, 1.82) is 0 Å². The SMILES string of the molecule is COCCN(CC(C)C)c1ccncc1CCl. The lowest BCUT2D eigenvalue weighted by molar-refractivity contribution is 0.204. The predicted molar refractivity (Wildman–Crippen MR) is 72.7 cm³/mol. The van der Waals surface area contributed by atoms with E-state index >= 15 is 0 Å². The second-order valence-corrected chi connectivity index (χ2v) is 4.74. The Hall–Kier alpha value is -0.800. The Morgan fingerprint density at radius 3 is 2.82 bits per heavy atom. The molecule has 0 N–H and O–H groups in total. The standard InChI is InChI=1S/C13H21ClN2O/c1-11(2)10-16(6-7-17-3)13-4-5-15-9-12(13)8-14/h4-5,9,11H,6-8,10H2,1-3H3. The summed E-state index contributed by atoms with van der Waals surface area (Å²) in [6.07, 6.45) is 3.65. The van der Waals surface area contributed by atoms with E-state index < -0.39 is 0 Å². The molecule has 0 bridgehead atoms. The van der Waals surface area contributed by atoms with Gasteiger partial charge in [-0.25, -0.2) is 0 Å². The molecule has 0 amide bonds. The van der Waals surface area contributed by atoms with Crippen molar-refractivity contribution < 1.29 is 4.74 Å². The first-order chi connectivity index (χ1) is 8.19. The molecule has 0 saturated heterocycles. The van der Waals surface area contributed by atoms with Crippen LogP contribution >= 0.6 is 11.6 Å². The number of ether oxygens (including phenoxy) is 1. The van der Waals surface area contributed by atoms with Gasteiger partial charge in [0.15, 0.2) is 0 Å². The summed E-state index contributed by atoms with van der Waals surface area (Å²) in [6, 6.07) is 2.02. The van der Waals surface area contributed by atoms with E-state index in [2.05, 4.69) is 23.7 Å². The summed E-state index contributed by atoms with van der Waals surface area (Å²) in [5.74, 6) is 1.09. The van der Waals surface area contributed by atoms with Crippen molar-refractivity contribution in [2.75, 3.05) is 31.7 Å². The molecule has 1 heterocycles. The van der Waals surface area contributed by atoms with Crippen LogP contribution in [0.4, 0.5) is 5.69 Å².